The van der Waals surface area contributed by atoms with Gasteiger partial charge in [-0.2, -0.15) is 0 Å². The van der Waals surface area contributed by atoms with Crippen LogP contribution in [0.3, 0.4) is 0 Å². The molecule has 1 aliphatic rings. The molecule has 1 heterocycles. The van der Waals surface area contributed by atoms with Gasteiger partial charge in [0.1, 0.15) is 7.59 Å². The number of ketones is 1. The van der Waals surface area contributed by atoms with Gasteiger partial charge in [-0.1, -0.05) is 30.4 Å². The lowest BCUT2D eigenvalue weighted by Gasteiger charge is -2.50. The summed E-state index contributed by atoms with van der Waals surface area (Å²) in [5, 5.41) is 2.93. The van der Waals surface area contributed by atoms with Crippen molar-refractivity contribution in [3.05, 3.63) is 23.3 Å². The van der Waals surface area contributed by atoms with Crippen molar-refractivity contribution in [3.8, 4) is 0 Å². The van der Waals surface area contributed by atoms with E-state index < -0.39 is 23.7 Å². The zero-order valence-electron chi connectivity index (χ0n) is 14.0. The van der Waals surface area contributed by atoms with Gasteiger partial charge in [-0.3, -0.25) is 4.79 Å². The average molecular weight is 323 g/mol. The van der Waals surface area contributed by atoms with E-state index in [0.29, 0.717) is 0 Å². The molecule has 0 aromatic heterocycles. The first-order valence-electron chi connectivity index (χ1n) is 7.27. The third-order valence-corrected chi connectivity index (χ3v) is 26.7. The minimum atomic E-state index is -1.84. The van der Waals surface area contributed by atoms with E-state index in [1.54, 1.807) is 6.92 Å². The molecule has 0 saturated carbocycles. The number of benzene rings is 1. The Morgan fingerprint density at radius 3 is 2.05 bits per heavy atom. The monoisotopic (exact) mass is 322 g/mol. The summed E-state index contributed by atoms with van der Waals surface area (Å²) in [4.78, 5) is 11.9. The summed E-state index contributed by atoms with van der Waals surface area (Å²) < 4.78 is 6.71. The number of hydrogen-bond acceptors (Lipinski definition) is 2. The molecule has 0 atom stereocenters. The van der Waals surface area contributed by atoms with Crippen molar-refractivity contribution in [2.24, 2.45) is 0 Å². The Hall–Kier alpha value is -0.499. The fourth-order valence-electron chi connectivity index (χ4n) is 3.25. The molecule has 0 spiro atoms. The lowest BCUT2D eigenvalue weighted by atomic mass is 10.1. The van der Waals surface area contributed by atoms with E-state index in [9.17, 15) is 4.79 Å². The first-order chi connectivity index (χ1) is 8.90. The topological polar surface area (TPSA) is 26.3 Å². The van der Waals surface area contributed by atoms with Crippen LogP contribution in [0, 0.1) is 6.92 Å². The maximum absolute atomic E-state index is 11.9. The van der Waals surface area contributed by atoms with Gasteiger partial charge in [0.15, 0.2) is 13.6 Å². The normalized spacial score (nSPS) is 22.2. The number of hydrogen-bond donors (Lipinski definition) is 0. The highest BCUT2D eigenvalue weighted by Crippen LogP contribution is 2.29. The molecule has 0 saturated heterocycles. The summed E-state index contributed by atoms with van der Waals surface area (Å²) in [6, 6.07) is 4.46. The maximum atomic E-state index is 11.9. The van der Waals surface area contributed by atoms with Crippen LogP contribution in [0.2, 0.25) is 39.3 Å². The van der Waals surface area contributed by atoms with Crippen LogP contribution >= 0.6 is 0 Å². The molecule has 0 aliphatic carbocycles. The van der Waals surface area contributed by atoms with Crippen LogP contribution in [0.1, 0.15) is 22.8 Å². The molecule has 2 nitrogen and oxygen atoms in total. The van der Waals surface area contributed by atoms with E-state index in [1.165, 1.54) is 10.4 Å². The smallest absolute Gasteiger partial charge is 0.205 e. The number of carbonyl (C=O) groups excluding carboxylic acids is 1. The van der Waals surface area contributed by atoms with E-state index >= 15 is 0 Å². The van der Waals surface area contributed by atoms with E-state index in [4.69, 9.17) is 4.12 Å². The summed E-state index contributed by atoms with van der Waals surface area (Å²) in [7, 11) is -5.16. The van der Waals surface area contributed by atoms with Crippen LogP contribution in [0.5, 0.6) is 0 Å². The van der Waals surface area contributed by atoms with Crippen molar-refractivity contribution in [3.63, 3.8) is 0 Å². The first-order valence-corrected chi connectivity index (χ1v) is 17.1. The first kappa shape index (κ1) is 15.9. The van der Waals surface area contributed by atoms with Crippen molar-refractivity contribution in [1.29, 1.82) is 0 Å². The van der Waals surface area contributed by atoms with Crippen molar-refractivity contribution in [2.45, 2.75) is 53.1 Å². The molecule has 20 heavy (non-hydrogen) atoms. The van der Waals surface area contributed by atoms with Crippen molar-refractivity contribution in [2.75, 3.05) is 0 Å². The fraction of sp³-hybridized carbons (Fsp3) is 0.533. The minimum Gasteiger partial charge on any atom is -0.454 e. The van der Waals surface area contributed by atoms with Crippen molar-refractivity contribution >= 4 is 39.9 Å². The number of rotatable bonds is 1. The summed E-state index contributed by atoms with van der Waals surface area (Å²) in [6.07, 6.45) is 0. The highest BCUT2D eigenvalue weighted by Gasteiger charge is 2.54. The predicted molar refractivity (Wildman–Crippen MR) is 94.0 cm³/mol. The fourth-order valence-corrected chi connectivity index (χ4v) is 22.4. The average Bonchev–Trinajstić information content (AvgIpc) is 2.24. The van der Waals surface area contributed by atoms with Gasteiger partial charge in [-0.15, -0.1) is 0 Å². The predicted octanol–water partition coefficient (Wildman–Crippen LogP) is 2.84. The molecular formula is C15H26O2Si3. The van der Waals surface area contributed by atoms with Crippen LogP contribution < -0.4 is 10.4 Å². The number of carbonyl (C=O) groups is 1. The lowest BCUT2D eigenvalue weighted by Crippen LogP contribution is -2.79. The molecular weight excluding hydrogens is 296 g/mol. The number of aryl methyl sites for hydroxylation is 1. The Kier molecular flexibility index (Phi) is 3.57. The third kappa shape index (κ3) is 2.20. The third-order valence-electron chi connectivity index (χ3n) is 5.08. The van der Waals surface area contributed by atoms with Crippen molar-refractivity contribution < 1.29 is 8.91 Å². The zero-order chi connectivity index (χ0) is 15.5. The Morgan fingerprint density at radius 1 is 1.00 bits per heavy atom. The van der Waals surface area contributed by atoms with Crippen LogP contribution in [0.4, 0.5) is 0 Å². The maximum Gasteiger partial charge on any atom is 0.205 e. The molecule has 0 N–H and O–H groups in total. The Bertz CT molecular complexity index is 589. The summed E-state index contributed by atoms with van der Waals surface area (Å²) >= 11 is 0. The molecule has 1 aromatic carbocycles. The van der Waals surface area contributed by atoms with Gasteiger partial charge in [0.2, 0.25) is 8.32 Å². The second-order valence-electron chi connectivity index (χ2n) is 7.52. The summed E-state index contributed by atoms with van der Waals surface area (Å²) in [6.45, 7) is 17.9. The Balaban J connectivity index is 2.81. The standard InChI is InChI=1S/C15H26O2Si3/c1-11-9-14-15(10-13(11)12(2)16)19(5,6)20(7,8)17-18(14,3)4/h9-10H,1-8H3. The van der Waals surface area contributed by atoms with Crippen molar-refractivity contribution in [1.82, 2.24) is 0 Å². The Labute approximate surface area is 125 Å². The molecule has 1 aromatic rings. The van der Waals surface area contributed by atoms with Gasteiger partial charge in [-0.25, -0.2) is 0 Å². The highest BCUT2D eigenvalue weighted by molar-refractivity contribution is 7.46. The van der Waals surface area contributed by atoms with Crippen LogP contribution in [0.25, 0.3) is 0 Å². The zero-order valence-corrected chi connectivity index (χ0v) is 17.0. The van der Waals surface area contributed by atoms with Gasteiger partial charge < -0.3 is 4.12 Å². The van der Waals surface area contributed by atoms with Gasteiger partial charge >= 0.3 is 0 Å². The molecule has 0 amide bonds. The van der Waals surface area contributed by atoms with E-state index in [2.05, 4.69) is 51.4 Å². The van der Waals surface area contributed by atoms with E-state index in [-0.39, 0.29) is 5.78 Å². The Morgan fingerprint density at radius 2 is 1.55 bits per heavy atom. The number of fused-ring (bicyclic) bond motifs is 1. The molecule has 2 rings (SSSR count). The molecule has 0 bridgehead atoms. The molecule has 0 unspecified atom stereocenters. The minimum absolute atomic E-state index is 0.181. The molecule has 0 fully saturated rings. The van der Waals surface area contributed by atoms with E-state index in [0.717, 1.165) is 11.1 Å². The SMILES string of the molecule is CC(=O)c1cc2c(cc1C)[Si](C)(C)O[Si](C)(C)[Si]2(C)C. The largest absolute Gasteiger partial charge is 0.454 e. The molecule has 5 heteroatoms. The highest BCUT2D eigenvalue weighted by atomic mass is 29.3. The second kappa shape index (κ2) is 4.50. The van der Waals surface area contributed by atoms with Gasteiger partial charge in [0, 0.05) is 5.56 Å². The van der Waals surface area contributed by atoms with Crippen LogP contribution in [-0.2, 0) is 4.12 Å². The second-order valence-corrected chi connectivity index (χ2v) is 26.1. The summed E-state index contributed by atoms with van der Waals surface area (Å²) in [5.41, 5.74) is 2.01. The summed E-state index contributed by atoms with van der Waals surface area (Å²) in [5.74, 6) is 0.181. The van der Waals surface area contributed by atoms with Crippen LogP contribution in [0.15, 0.2) is 12.1 Å². The lowest BCUT2D eigenvalue weighted by molar-refractivity contribution is 0.101. The van der Waals surface area contributed by atoms with Gasteiger partial charge in [-0.05, 0) is 50.8 Å². The quantitative estimate of drug-likeness (QED) is 0.587. The van der Waals surface area contributed by atoms with E-state index in [1.807, 2.05) is 6.92 Å². The van der Waals surface area contributed by atoms with Crippen LogP contribution in [-0.4, -0.2) is 29.5 Å². The molecule has 0 radical (unpaired) electrons. The molecule has 110 valence electrons. The molecule has 1 aliphatic heterocycles. The van der Waals surface area contributed by atoms with Gasteiger partial charge in [0.05, 0.1) is 0 Å². The number of Topliss-reactive ketones (excluding diaryl/α,β-unsaturated/α-hetero) is 1. The van der Waals surface area contributed by atoms with Gasteiger partial charge in [0.25, 0.3) is 0 Å².